The number of carbonyl (C=O) groups excluding carboxylic acids is 1. The predicted molar refractivity (Wildman–Crippen MR) is 108 cm³/mol. The molecule has 1 aliphatic heterocycles. The van der Waals surface area contributed by atoms with E-state index in [1.807, 2.05) is 41.3 Å². The van der Waals surface area contributed by atoms with E-state index >= 15 is 0 Å². The number of fused-ring (bicyclic) bond motifs is 1. The lowest BCUT2D eigenvalue weighted by Gasteiger charge is -2.38. The van der Waals surface area contributed by atoms with Gasteiger partial charge in [0, 0.05) is 25.2 Å². The molecule has 0 radical (unpaired) electrons. The van der Waals surface area contributed by atoms with Crippen molar-refractivity contribution in [2.75, 3.05) is 22.9 Å². The van der Waals surface area contributed by atoms with Crippen LogP contribution in [0.15, 0.2) is 78.9 Å². The van der Waals surface area contributed by atoms with Crippen LogP contribution in [0.2, 0.25) is 0 Å². The molecule has 0 saturated heterocycles. The normalized spacial score (nSPS) is 13.4. The Hall–Kier alpha value is -3.11. The zero-order valence-electron chi connectivity index (χ0n) is 15.1. The van der Waals surface area contributed by atoms with Crippen LogP contribution < -0.4 is 9.80 Å². The number of aliphatic hydroxyl groups is 1. The van der Waals surface area contributed by atoms with E-state index in [1.54, 1.807) is 12.1 Å². The highest BCUT2D eigenvalue weighted by molar-refractivity contribution is 6.08. The third-order valence-electron chi connectivity index (χ3n) is 4.92. The number of nitrogens with zero attached hydrogens (tertiary/aromatic N) is 2. The molecule has 4 heteroatoms. The summed E-state index contributed by atoms with van der Waals surface area (Å²) in [6.07, 6.45) is 0. The summed E-state index contributed by atoms with van der Waals surface area (Å²) in [7, 11) is 0. The van der Waals surface area contributed by atoms with Gasteiger partial charge in [0.1, 0.15) is 0 Å². The van der Waals surface area contributed by atoms with E-state index in [2.05, 4.69) is 35.2 Å². The number of benzene rings is 3. The summed E-state index contributed by atoms with van der Waals surface area (Å²) in [5.74, 6) is -0.0305. The van der Waals surface area contributed by atoms with Crippen LogP contribution in [-0.2, 0) is 13.2 Å². The first-order valence-electron chi connectivity index (χ1n) is 9.16. The van der Waals surface area contributed by atoms with Crippen LogP contribution >= 0.6 is 0 Å². The van der Waals surface area contributed by atoms with E-state index in [0.717, 1.165) is 30.0 Å². The van der Waals surface area contributed by atoms with Gasteiger partial charge >= 0.3 is 0 Å². The van der Waals surface area contributed by atoms with Gasteiger partial charge in [-0.3, -0.25) is 4.79 Å². The first-order valence-corrected chi connectivity index (χ1v) is 9.16. The molecule has 0 atom stereocenters. The molecule has 0 unspecified atom stereocenters. The van der Waals surface area contributed by atoms with E-state index in [9.17, 15) is 9.90 Å². The van der Waals surface area contributed by atoms with Gasteiger partial charge in [0.2, 0.25) is 0 Å². The molecule has 0 fully saturated rings. The number of hydrogen-bond donors (Lipinski definition) is 1. The number of aliphatic hydroxyl groups excluding tert-OH is 1. The third-order valence-corrected chi connectivity index (χ3v) is 4.92. The van der Waals surface area contributed by atoms with Crippen molar-refractivity contribution in [3.63, 3.8) is 0 Å². The highest BCUT2D eigenvalue weighted by Crippen LogP contribution is 2.34. The quantitative estimate of drug-likeness (QED) is 0.770. The molecule has 1 heterocycles. The summed E-state index contributed by atoms with van der Waals surface area (Å²) in [5.41, 5.74) is 4.60. The number of amides is 1. The molecule has 0 bridgehead atoms. The highest BCUT2D eigenvalue weighted by Gasteiger charge is 2.27. The average molecular weight is 358 g/mol. The molecule has 1 N–H and O–H groups in total. The van der Waals surface area contributed by atoms with Crippen LogP contribution in [-0.4, -0.2) is 24.1 Å². The Balaban J connectivity index is 1.63. The predicted octanol–water partition coefficient (Wildman–Crippen LogP) is 3.85. The molecule has 3 aromatic carbocycles. The fourth-order valence-electron chi connectivity index (χ4n) is 3.56. The van der Waals surface area contributed by atoms with Gasteiger partial charge in [-0.05, 0) is 35.4 Å². The Labute approximate surface area is 159 Å². The van der Waals surface area contributed by atoms with Crippen LogP contribution in [0.3, 0.4) is 0 Å². The maximum Gasteiger partial charge on any atom is 0.258 e. The van der Waals surface area contributed by atoms with Gasteiger partial charge in [0.15, 0.2) is 0 Å². The minimum absolute atomic E-state index is 0.0305. The fraction of sp³-hybridized carbons (Fsp3) is 0.174. The van der Waals surface area contributed by atoms with Crippen LogP contribution in [0.1, 0.15) is 21.5 Å². The second-order valence-electron chi connectivity index (χ2n) is 6.71. The molecule has 0 aliphatic carbocycles. The monoisotopic (exact) mass is 358 g/mol. The van der Waals surface area contributed by atoms with E-state index in [4.69, 9.17) is 0 Å². The molecular formula is C23H22N2O2. The first kappa shape index (κ1) is 17.3. The smallest absolute Gasteiger partial charge is 0.258 e. The molecule has 1 aliphatic rings. The molecular weight excluding hydrogens is 336 g/mol. The maximum absolute atomic E-state index is 13.1. The Morgan fingerprint density at radius 3 is 2.30 bits per heavy atom. The largest absolute Gasteiger partial charge is 0.392 e. The molecule has 136 valence electrons. The second kappa shape index (κ2) is 7.64. The minimum atomic E-state index is -0.0669. The lowest BCUT2D eigenvalue weighted by atomic mass is 10.1. The van der Waals surface area contributed by atoms with Gasteiger partial charge in [-0.15, -0.1) is 0 Å². The lowest BCUT2D eigenvalue weighted by molar-refractivity contribution is 0.0986. The Morgan fingerprint density at radius 1 is 0.815 bits per heavy atom. The van der Waals surface area contributed by atoms with Gasteiger partial charge < -0.3 is 14.9 Å². The molecule has 3 aromatic rings. The molecule has 0 spiro atoms. The minimum Gasteiger partial charge on any atom is -0.392 e. The Bertz CT molecular complexity index is 940. The summed E-state index contributed by atoms with van der Waals surface area (Å²) in [6, 6.07) is 25.6. The van der Waals surface area contributed by atoms with Gasteiger partial charge in [0.25, 0.3) is 5.91 Å². The van der Waals surface area contributed by atoms with Gasteiger partial charge in [-0.25, -0.2) is 0 Å². The lowest BCUT2D eigenvalue weighted by Crippen LogP contribution is -2.43. The third kappa shape index (κ3) is 3.57. The van der Waals surface area contributed by atoms with Crippen molar-refractivity contribution in [3.05, 3.63) is 95.6 Å². The van der Waals surface area contributed by atoms with Crippen molar-refractivity contribution >= 4 is 17.3 Å². The molecule has 0 aromatic heterocycles. The average Bonchev–Trinajstić information content (AvgIpc) is 2.74. The van der Waals surface area contributed by atoms with E-state index in [0.29, 0.717) is 12.1 Å². The van der Waals surface area contributed by atoms with Crippen LogP contribution in [0.4, 0.5) is 11.4 Å². The molecule has 1 amide bonds. The van der Waals surface area contributed by atoms with Crippen molar-refractivity contribution in [2.24, 2.45) is 0 Å². The van der Waals surface area contributed by atoms with Crippen molar-refractivity contribution < 1.29 is 9.90 Å². The van der Waals surface area contributed by atoms with E-state index in [-0.39, 0.29) is 12.5 Å². The topological polar surface area (TPSA) is 43.8 Å². The highest BCUT2D eigenvalue weighted by atomic mass is 16.3. The van der Waals surface area contributed by atoms with Crippen LogP contribution in [0, 0.1) is 0 Å². The van der Waals surface area contributed by atoms with E-state index < -0.39 is 0 Å². The summed E-state index contributed by atoms with van der Waals surface area (Å²) in [4.78, 5) is 17.3. The molecule has 4 rings (SSSR count). The number of para-hydroxylation sites is 2. The van der Waals surface area contributed by atoms with E-state index in [1.165, 1.54) is 5.56 Å². The zero-order chi connectivity index (χ0) is 18.6. The first-order chi connectivity index (χ1) is 13.3. The summed E-state index contributed by atoms with van der Waals surface area (Å²) in [6.45, 7) is 2.16. The second-order valence-corrected chi connectivity index (χ2v) is 6.71. The summed E-state index contributed by atoms with van der Waals surface area (Å²) in [5, 5.41) is 9.36. The standard InChI is InChI=1S/C23H22N2O2/c26-17-19-9-6-10-20(15-19)23(27)25-14-13-24(16-18-7-2-1-3-8-18)21-11-4-5-12-22(21)25/h1-12,15,26H,13-14,16-17H2. The summed E-state index contributed by atoms with van der Waals surface area (Å²) >= 11 is 0. The number of rotatable bonds is 4. The molecule has 4 nitrogen and oxygen atoms in total. The maximum atomic E-state index is 13.1. The zero-order valence-corrected chi connectivity index (χ0v) is 15.1. The van der Waals surface area contributed by atoms with Crippen LogP contribution in [0.25, 0.3) is 0 Å². The van der Waals surface area contributed by atoms with Crippen molar-refractivity contribution in [1.82, 2.24) is 0 Å². The SMILES string of the molecule is O=C(c1cccc(CO)c1)N1CCN(Cc2ccccc2)c2ccccc21. The van der Waals surface area contributed by atoms with Gasteiger partial charge in [0.05, 0.1) is 18.0 Å². The molecule has 0 saturated carbocycles. The number of anilines is 2. The number of hydrogen-bond acceptors (Lipinski definition) is 3. The van der Waals surface area contributed by atoms with Crippen LogP contribution in [0.5, 0.6) is 0 Å². The van der Waals surface area contributed by atoms with Crippen molar-refractivity contribution in [2.45, 2.75) is 13.2 Å². The fourth-order valence-corrected chi connectivity index (χ4v) is 3.56. The molecule has 27 heavy (non-hydrogen) atoms. The Kier molecular flexibility index (Phi) is 4.90. The summed E-state index contributed by atoms with van der Waals surface area (Å²) < 4.78 is 0. The van der Waals surface area contributed by atoms with Crippen molar-refractivity contribution in [3.8, 4) is 0 Å². The number of carbonyl (C=O) groups is 1. The van der Waals surface area contributed by atoms with Gasteiger partial charge in [-0.1, -0.05) is 54.6 Å². The van der Waals surface area contributed by atoms with Crippen molar-refractivity contribution in [1.29, 1.82) is 0 Å². The Morgan fingerprint density at radius 2 is 1.52 bits per heavy atom. The van der Waals surface area contributed by atoms with Gasteiger partial charge in [-0.2, -0.15) is 0 Å².